The van der Waals surface area contributed by atoms with E-state index >= 15 is 0 Å². The predicted molar refractivity (Wildman–Crippen MR) is 156 cm³/mol. The summed E-state index contributed by atoms with van der Waals surface area (Å²) in [7, 11) is 0. The lowest BCUT2D eigenvalue weighted by Crippen LogP contribution is -2.44. The van der Waals surface area contributed by atoms with Crippen LogP contribution in [0.1, 0.15) is 18.2 Å². The highest BCUT2D eigenvalue weighted by molar-refractivity contribution is 9.10. The summed E-state index contributed by atoms with van der Waals surface area (Å²) < 4.78 is 9.75. The van der Waals surface area contributed by atoms with Gasteiger partial charge in [-0.2, -0.15) is 9.61 Å². The number of hydrogen-bond donors (Lipinski definition) is 2. The molecule has 41 heavy (non-hydrogen) atoms. The summed E-state index contributed by atoms with van der Waals surface area (Å²) in [6.07, 6.45) is 1.42. The molecule has 3 aromatic heterocycles. The van der Waals surface area contributed by atoms with Gasteiger partial charge in [0.25, 0.3) is 0 Å². The van der Waals surface area contributed by atoms with Gasteiger partial charge in [-0.15, -0.1) is 5.10 Å². The second kappa shape index (κ2) is 11.2. The molecule has 5 aromatic rings. The lowest BCUT2D eigenvalue weighted by Gasteiger charge is -2.23. The summed E-state index contributed by atoms with van der Waals surface area (Å²) >= 11 is 3.60. The second-order valence-electron chi connectivity index (χ2n) is 9.70. The van der Waals surface area contributed by atoms with Crippen LogP contribution in [0.4, 0.5) is 10.7 Å². The van der Waals surface area contributed by atoms with Crippen LogP contribution in [0.25, 0.3) is 27.9 Å². The molecular weight excluding hydrogens is 590 g/mol. The molecule has 6 rings (SSSR count). The maximum Gasteiger partial charge on any atom is 0.410 e. The van der Waals surface area contributed by atoms with Crippen LogP contribution in [-0.2, 0) is 22.7 Å². The Morgan fingerprint density at radius 2 is 1.98 bits per heavy atom. The number of nitrogens with zero attached hydrogens (tertiary/aromatic N) is 7. The van der Waals surface area contributed by atoms with Gasteiger partial charge in [-0.05, 0) is 47.5 Å². The number of aryl methyl sites for hydroxylation is 2. The molecule has 1 aliphatic rings. The van der Waals surface area contributed by atoms with Crippen LogP contribution < -0.4 is 10.6 Å². The standard InChI is InChI=1S/C28H28BrN9O3/c1-3-37-14-20(17(2)34-37)24-33-25-19-10-7-11-21(29)23(19)32-27(38(25)35-24)31-22-15-36(13-12-30-26(22)39)28(40)41-16-18-8-5-4-6-9-18/h4-11,14,22H,3,12-13,15-16H2,1-2H3,(H,30,39)(H,31,32)/t22-/m1/s1. The monoisotopic (exact) mass is 617 g/mol. The summed E-state index contributed by atoms with van der Waals surface area (Å²) in [4.78, 5) is 37.3. The smallest absolute Gasteiger partial charge is 0.410 e. The maximum absolute atomic E-state index is 13.1. The number of hydrogen-bond acceptors (Lipinski definition) is 8. The van der Waals surface area contributed by atoms with Gasteiger partial charge in [0.05, 0.1) is 23.3 Å². The Bertz CT molecular complexity index is 1750. The quantitative estimate of drug-likeness (QED) is 0.294. The minimum absolute atomic E-state index is 0.0839. The number of halogens is 1. The Morgan fingerprint density at radius 1 is 1.15 bits per heavy atom. The van der Waals surface area contributed by atoms with Gasteiger partial charge < -0.3 is 20.3 Å². The molecule has 0 saturated carbocycles. The molecule has 1 fully saturated rings. The van der Waals surface area contributed by atoms with Crippen molar-refractivity contribution in [2.45, 2.75) is 33.0 Å². The number of nitrogens with one attached hydrogen (secondary N) is 2. The first-order valence-electron chi connectivity index (χ1n) is 13.3. The largest absolute Gasteiger partial charge is 0.445 e. The molecule has 0 radical (unpaired) electrons. The number of rotatable bonds is 6. The zero-order valence-electron chi connectivity index (χ0n) is 22.5. The van der Waals surface area contributed by atoms with Crippen molar-refractivity contribution in [3.63, 3.8) is 0 Å². The highest BCUT2D eigenvalue weighted by Gasteiger charge is 2.30. The van der Waals surface area contributed by atoms with Crippen LogP contribution in [0.15, 0.2) is 59.2 Å². The normalized spacial score (nSPS) is 15.6. The molecule has 4 heterocycles. The van der Waals surface area contributed by atoms with E-state index < -0.39 is 12.1 Å². The van der Waals surface area contributed by atoms with Crippen LogP contribution in [-0.4, -0.2) is 71.9 Å². The van der Waals surface area contributed by atoms with E-state index in [9.17, 15) is 9.59 Å². The van der Waals surface area contributed by atoms with Crippen molar-refractivity contribution in [3.8, 4) is 11.4 Å². The van der Waals surface area contributed by atoms with E-state index in [1.165, 1.54) is 4.90 Å². The average molecular weight is 618 g/mol. The minimum atomic E-state index is -0.811. The maximum atomic E-state index is 13.1. The molecule has 210 valence electrons. The van der Waals surface area contributed by atoms with Crippen molar-refractivity contribution in [3.05, 3.63) is 70.5 Å². The Morgan fingerprint density at radius 3 is 2.76 bits per heavy atom. The lowest BCUT2D eigenvalue weighted by molar-refractivity contribution is -0.121. The third-order valence-electron chi connectivity index (χ3n) is 6.93. The molecule has 0 bridgehead atoms. The Balaban J connectivity index is 1.34. The molecule has 0 aliphatic carbocycles. The van der Waals surface area contributed by atoms with Gasteiger partial charge in [0.15, 0.2) is 11.5 Å². The number of aromatic nitrogens is 6. The van der Waals surface area contributed by atoms with Crippen molar-refractivity contribution < 1.29 is 14.3 Å². The van der Waals surface area contributed by atoms with Crippen LogP contribution in [0.3, 0.4) is 0 Å². The number of fused-ring (bicyclic) bond motifs is 3. The summed E-state index contributed by atoms with van der Waals surface area (Å²) in [6, 6.07) is 14.4. The zero-order valence-corrected chi connectivity index (χ0v) is 24.1. The first kappa shape index (κ1) is 26.7. The molecule has 2 aromatic carbocycles. The van der Waals surface area contributed by atoms with Crippen LogP contribution in [0.5, 0.6) is 0 Å². The van der Waals surface area contributed by atoms with E-state index in [2.05, 4.69) is 31.7 Å². The molecule has 1 atom stereocenters. The number of amides is 2. The Hall–Kier alpha value is -4.52. The van der Waals surface area contributed by atoms with Crippen molar-refractivity contribution in [2.75, 3.05) is 25.0 Å². The summed E-state index contributed by atoms with van der Waals surface area (Å²) in [5.41, 5.74) is 3.74. The highest BCUT2D eigenvalue weighted by atomic mass is 79.9. The molecule has 1 saturated heterocycles. The van der Waals surface area contributed by atoms with Gasteiger partial charge in [-0.3, -0.25) is 9.48 Å². The van der Waals surface area contributed by atoms with E-state index in [4.69, 9.17) is 19.8 Å². The third-order valence-corrected chi connectivity index (χ3v) is 7.57. The van der Waals surface area contributed by atoms with Crippen molar-refractivity contribution in [2.24, 2.45) is 0 Å². The molecule has 12 nitrogen and oxygen atoms in total. The van der Waals surface area contributed by atoms with E-state index in [0.717, 1.165) is 33.2 Å². The van der Waals surface area contributed by atoms with Crippen LogP contribution in [0, 0.1) is 6.92 Å². The van der Waals surface area contributed by atoms with Gasteiger partial charge in [0.1, 0.15) is 12.6 Å². The molecule has 1 aliphatic heterocycles. The van der Waals surface area contributed by atoms with E-state index in [1.807, 2.05) is 73.3 Å². The van der Waals surface area contributed by atoms with E-state index in [1.54, 1.807) is 4.52 Å². The number of ether oxygens (including phenoxy) is 1. The summed E-state index contributed by atoms with van der Waals surface area (Å²) in [5, 5.41) is 16.2. The molecular formula is C28H28BrN9O3. The number of benzene rings is 2. The van der Waals surface area contributed by atoms with E-state index in [-0.39, 0.29) is 19.1 Å². The number of anilines is 1. The van der Waals surface area contributed by atoms with Crippen molar-refractivity contribution in [1.29, 1.82) is 0 Å². The van der Waals surface area contributed by atoms with Gasteiger partial charge in [-0.25, -0.2) is 14.8 Å². The molecule has 0 unspecified atom stereocenters. The average Bonchev–Trinajstić information content (AvgIpc) is 3.54. The number of carbonyl (C=O) groups excluding carboxylic acids is 2. The summed E-state index contributed by atoms with van der Waals surface area (Å²) in [6.45, 7) is 5.51. The van der Waals surface area contributed by atoms with Crippen LogP contribution in [0.2, 0.25) is 0 Å². The molecule has 2 amide bonds. The zero-order chi connectivity index (χ0) is 28.5. The van der Waals surface area contributed by atoms with Gasteiger partial charge in [0, 0.05) is 35.7 Å². The fraction of sp³-hybridized carbons (Fsp3) is 0.286. The van der Waals surface area contributed by atoms with Gasteiger partial charge in [-0.1, -0.05) is 36.4 Å². The first-order chi connectivity index (χ1) is 19.9. The lowest BCUT2D eigenvalue weighted by atomic mass is 10.2. The first-order valence-corrected chi connectivity index (χ1v) is 14.1. The second-order valence-corrected chi connectivity index (χ2v) is 10.6. The van der Waals surface area contributed by atoms with Crippen molar-refractivity contribution in [1.82, 2.24) is 39.6 Å². The van der Waals surface area contributed by atoms with Gasteiger partial charge in [0.2, 0.25) is 11.9 Å². The Labute approximate surface area is 243 Å². The van der Waals surface area contributed by atoms with E-state index in [0.29, 0.717) is 36.0 Å². The number of para-hydroxylation sites is 1. The van der Waals surface area contributed by atoms with Crippen LogP contribution >= 0.6 is 15.9 Å². The van der Waals surface area contributed by atoms with Crippen molar-refractivity contribution >= 4 is 50.4 Å². The fourth-order valence-corrected chi connectivity index (χ4v) is 5.23. The topological polar surface area (TPSA) is 132 Å². The number of carbonyl (C=O) groups is 2. The minimum Gasteiger partial charge on any atom is -0.445 e. The molecule has 13 heteroatoms. The Kier molecular flexibility index (Phi) is 7.26. The fourth-order valence-electron chi connectivity index (χ4n) is 4.78. The third kappa shape index (κ3) is 5.32. The summed E-state index contributed by atoms with van der Waals surface area (Å²) in [5.74, 6) is 0.556. The predicted octanol–water partition coefficient (Wildman–Crippen LogP) is 3.78. The van der Waals surface area contributed by atoms with Gasteiger partial charge >= 0.3 is 6.09 Å². The highest BCUT2D eigenvalue weighted by Crippen LogP contribution is 2.29. The molecule has 0 spiro atoms. The SMILES string of the molecule is CCn1cc(-c2nc3c4cccc(Br)c4nc(N[C@@H]4CN(C(=O)OCc5ccccc5)CCNC4=O)n3n2)c(C)n1. The molecule has 2 N–H and O–H groups in total.